The molecule has 0 saturated heterocycles. The van der Waals surface area contributed by atoms with Crippen LogP contribution in [0.25, 0.3) is 0 Å². The molecule has 1 aromatic carbocycles. The number of aromatic nitrogens is 1. The lowest BCUT2D eigenvalue weighted by Gasteiger charge is -2.41. The maximum absolute atomic E-state index is 14.2. The van der Waals surface area contributed by atoms with E-state index in [0.717, 1.165) is 49.6 Å². The highest BCUT2D eigenvalue weighted by Gasteiger charge is 2.48. The maximum Gasteiger partial charge on any atom is 0.487 e. The summed E-state index contributed by atoms with van der Waals surface area (Å²) in [6.45, 7) is 1.16. The fourth-order valence-corrected chi connectivity index (χ4v) is 4.24. The Hall–Kier alpha value is -2.73. The van der Waals surface area contributed by atoms with E-state index in [0.29, 0.717) is 4.90 Å². The number of hydrogen-bond acceptors (Lipinski definition) is 4. The van der Waals surface area contributed by atoms with Gasteiger partial charge < -0.3 is 10.1 Å². The fourth-order valence-electron chi connectivity index (χ4n) is 4.05. The first-order valence-corrected chi connectivity index (χ1v) is 11.7. The van der Waals surface area contributed by atoms with Crippen LogP contribution in [0.4, 0.5) is 32.0 Å². The van der Waals surface area contributed by atoms with E-state index >= 15 is 0 Å². The van der Waals surface area contributed by atoms with Gasteiger partial charge in [0.1, 0.15) is 11.6 Å². The molecule has 1 aliphatic carbocycles. The number of carbonyl (C=O) groups is 2. The normalized spacial score (nSPS) is 18.4. The molecule has 2 atom stereocenters. The molecular weight excluding hydrogens is 551 g/mol. The van der Waals surface area contributed by atoms with Gasteiger partial charge in [0, 0.05) is 47.9 Å². The van der Waals surface area contributed by atoms with Gasteiger partial charge in [0.15, 0.2) is 5.54 Å². The summed E-state index contributed by atoms with van der Waals surface area (Å²) in [6.07, 6.45) is 0.758. The minimum Gasteiger partial charge on any atom is -0.420 e. The highest BCUT2D eigenvalue weighted by molar-refractivity contribution is 6.32. The number of ether oxygens (including phenoxy) is 1. The molecule has 1 heterocycles. The van der Waals surface area contributed by atoms with E-state index in [9.17, 15) is 35.9 Å². The molecule has 202 valence electrons. The van der Waals surface area contributed by atoms with Crippen molar-refractivity contribution in [3.8, 4) is 5.75 Å². The molecule has 1 fully saturated rings. The van der Waals surface area contributed by atoms with Crippen molar-refractivity contribution < 1.29 is 40.7 Å². The number of nitrogens with one attached hydrogen (secondary N) is 1. The Labute approximate surface area is 217 Å². The average molecular weight is 572 g/mol. The number of alkyl halides is 7. The number of carbonyl (C=O) groups excluding carboxylic acids is 2. The van der Waals surface area contributed by atoms with Crippen molar-refractivity contribution in [3.63, 3.8) is 0 Å². The zero-order valence-corrected chi connectivity index (χ0v) is 20.7. The third kappa shape index (κ3) is 6.98. The molecule has 37 heavy (non-hydrogen) atoms. The molecule has 2 amide bonds. The monoisotopic (exact) mass is 571 g/mol. The van der Waals surface area contributed by atoms with Gasteiger partial charge in [-0.15, -0.1) is 8.78 Å². The second kappa shape index (κ2) is 10.9. The van der Waals surface area contributed by atoms with E-state index < -0.39 is 64.9 Å². The molecule has 2 aromatic rings. The molecule has 0 spiro atoms. The van der Waals surface area contributed by atoms with E-state index in [1.165, 1.54) is 0 Å². The van der Waals surface area contributed by atoms with Crippen LogP contribution in [0.1, 0.15) is 38.2 Å². The molecule has 6 nitrogen and oxygen atoms in total. The summed E-state index contributed by atoms with van der Waals surface area (Å²) in [5.74, 6) is -6.62. The molecule has 1 N–H and O–H groups in total. The number of pyridine rings is 1. The molecule has 3 rings (SSSR count). The Balaban J connectivity index is 2.08. The van der Waals surface area contributed by atoms with Crippen LogP contribution in [0, 0.1) is 5.82 Å². The number of anilines is 1. The van der Waals surface area contributed by atoms with Crippen molar-refractivity contribution in [2.45, 2.75) is 61.3 Å². The summed E-state index contributed by atoms with van der Waals surface area (Å²) in [7, 11) is 0. The van der Waals surface area contributed by atoms with Crippen LogP contribution in [0.2, 0.25) is 0 Å². The first-order valence-electron chi connectivity index (χ1n) is 10.9. The Morgan fingerprint density at radius 3 is 2.30 bits per heavy atom. The van der Waals surface area contributed by atoms with E-state index in [1.54, 1.807) is 0 Å². The van der Waals surface area contributed by atoms with E-state index in [1.807, 2.05) is 0 Å². The van der Waals surface area contributed by atoms with Gasteiger partial charge in [0.25, 0.3) is 17.4 Å². The minimum absolute atomic E-state index is 0.0793. The maximum atomic E-state index is 14.2. The first-order chi connectivity index (χ1) is 17.1. The Kier molecular flexibility index (Phi) is 8.53. The molecule has 1 saturated carbocycles. The van der Waals surface area contributed by atoms with E-state index in [4.69, 9.17) is 23.2 Å². The smallest absolute Gasteiger partial charge is 0.420 e. The van der Waals surface area contributed by atoms with Gasteiger partial charge in [-0.3, -0.25) is 19.5 Å². The predicted octanol–water partition coefficient (Wildman–Crippen LogP) is 5.87. The lowest BCUT2D eigenvalue weighted by atomic mass is 9.87. The largest absolute Gasteiger partial charge is 0.487 e. The highest BCUT2D eigenvalue weighted by atomic mass is 35.5. The average Bonchev–Trinajstić information content (AvgIpc) is 2.80. The van der Waals surface area contributed by atoms with Gasteiger partial charge in [-0.2, -0.15) is 0 Å². The van der Waals surface area contributed by atoms with Crippen LogP contribution in [-0.2, 0) is 15.1 Å². The fraction of sp³-hybridized carbons (Fsp3) is 0.435. The molecule has 0 bridgehead atoms. The summed E-state index contributed by atoms with van der Waals surface area (Å²) in [5, 5.41) is 2.58. The Morgan fingerprint density at radius 1 is 1.19 bits per heavy atom. The van der Waals surface area contributed by atoms with Crippen molar-refractivity contribution in [1.82, 2.24) is 10.3 Å². The van der Waals surface area contributed by atoms with Crippen LogP contribution in [-0.4, -0.2) is 40.0 Å². The number of nitrogens with zero attached hydrogens (tertiary/aromatic N) is 2. The number of hydrogen-bond donors (Lipinski definition) is 1. The van der Waals surface area contributed by atoms with Gasteiger partial charge >= 0.3 is 5.57 Å². The number of benzene rings is 1. The van der Waals surface area contributed by atoms with Gasteiger partial charge in [0.05, 0.1) is 6.20 Å². The molecule has 1 aromatic heterocycles. The van der Waals surface area contributed by atoms with Crippen LogP contribution >= 0.6 is 23.2 Å². The molecule has 14 heteroatoms. The van der Waals surface area contributed by atoms with Gasteiger partial charge in [-0.25, -0.2) is 17.6 Å². The van der Waals surface area contributed by atoms with Crippen molar-refractivity contribution in [3.05, 3.63) is 54.1 Å². The van der Waals surface area contributed by atoms with Gasteiger partial charge in [0.2, 0.25) is 5.92 Å². The first kappa shape index (κ1) is 28.8. The van der Waals surface area contributed by atoms with Crippen LogP contribution in [0.3, 0.4) is 0 Å². The summed E-state index contributed by atoms with van der Waals surface area (Å²) in [5.41, 5.74) is -9.36. The third-order valence-electron chi connectivity index (χ3n) is 5.94. The van der Waals surface area contributed by atoms with Crippen molar-refractivity contribution in [1.29, 1.82) is 0 Å². The minimum atomic E-state index is -4.05. The highest BCUT2D eigenvalue weighted by Crippen LogP contribution is 2.38. The van der Waals surface area contributed by atoms with Crippen LogP contribution < -0.4 is 15.0 Å². The lowest BCUT2D eigenvalue weighted by molar-refractivity contribution is -0.132. The summed E-state index contributed by atoms with van der Waals surface area (Å²) in [4.78, 5) is 31.0. The zero-order chi connectivity index (χ0) is 27.6. The summed E-state index contributed by atoms with van der Waals surface area (Å²) >= 11 is 10.2. The second-order valence-electron chi connectivity index (χ2n) is 8.58. The van der Waals surface area contributed by atoms with E-state index in [2.05, 4.69) is 15.0 Å². The standard InChI is InChI=1S/C23H21Cl2F6N3O3/c1-21(13-10-14(26)12-32-11-13,20(36)33-15-6-8-22(28,29)9-7-15)34(19(35)18(24)27)16-2-4-17(5-3-16)37-23(25,30)31/h2-5,10-12,15,18H,6-9H2,1H3,(H,33,36)/t18-,21-/m0/s1. The van der Waals surface area contributed by atoms with Crippen LogP contribution in [0.5, 0.6) is 5.75 Å². The lowest BCUT2D eigenvalue weighted by Crippen LogP contribution is -2.60. The number of amides is 2. The predicted molar refractivity (Wildman–Crippen MR) is 123 cm³/mol. The third-order valence-corrected chi connectivity index (χ3v) is 6.21. The summed E-state index contributed by atoms with van der Waals surface area (Å²) < 4.78 is 85.8. The molecule has 1 aliphatic rings. The van der Waals surface area contributed by atoms with Gasteiger partial charge in [-0.1, -0.05) is 11.6 Å². The van der Waals surface area contributed by atoms with E-state index in [-0.39, 0.29) is 24.1 Å². The second-order valence-corrected chi connectivity index (χ2v) is 9.41. The number of rotatable bonds is 8. The van der Waals surface area contributed by atoms with Gasteiger partial charge in [-0.05, 0) is 50.1 Å². The topological polar surface area (TPSA) is 71.5 Å². The van der Waals surface area contributed by atoms with Crippen molar-refractivity contribution in [2.75, 3.05) is 4.90 Å². The molecule has 0 aliphatic heterocycles. The van der Waals surface area contributed by atoms with Crippen LogP contribution in [0.15, 0.2) is 42.7 Å². The van der Waals surface area contributed by atoms with Crippen molar-refractivity contribution >= 4 is 40.7 Å². The summed E-state index contributed by atoms with van der Waals surface area (Å²) in [6, 6.07) is 4.21. The Bertz CT molecular complexity index is 1120. The quantitative estimate of drug-likeness (QED) is 0.318. The number of halogens is 8. The zero-order valence-electron chi connectivity index (χ0n) is 19.2. The molecule has 0 radical (unpaired) electrons. The van der Waals surface area contributed by atoms with Crippen molar-refractivity contribution in [2.24, 2.45) is 0 Å². The molecular formula is C23H21Cl2F6N3O3. The SMILES string of the molecule is C[C@@](C(=O)NC1CCC(F)(F)CC1)(c1cncc(F)c1)N(C(=O)[C@H](F)Cl)c1ccc(OC(F)(F)Cl)cc1. The molecule has 0 unspecified atom stereocenters. The Morgan fingerprint density at radius 2 is 1.78 bits per heavy atom.